The van der Waals surface area contributed by atoms with Crippen molar-refractivity contribution in [1.29, 1.82) is 0 Å². The second kappa shape index (κ2) is 48.5. The van der Waals surface area contributed by atoms with Crippen LogP contribution >= 0.6 is 104 Å². The van der Waals surface area contributed by atoms with E-state index in [4.69, 9.17) is 114 Å². The molecule has 4 unspecified atom stereocenters. The van der Waals surface area contributed by atoms with Crippen LogP contribution in [0.2, 0.25) is 45.2 Å². The number of carbonyl (C=O) groups is 10. The minimum absolute atomic E-state index is 0.00763. The lowest BCUT2D eigenvalue weighted by Gasteiger charge is -2.17. The van der Waals surface area contributed by atoms with Crippen molar-refractivity contribution in [3.63, 3.8) is 0 Å². The van der Waals surface area contributed by atoms with E-state index >= 15 is 0 Å². The van der Waals surface area contributed by atoms with Crippen molar-refractivity contribution in [3.8, 4) is 23.0 Å². The van der Waals surface area contributed by atoms with Gasteiger partial charge in [0, 0.05) is 71.0 Å². The number of amides is 6. The number of nitrogens with one attached hydrogen (secondary N) is 8. The van der Waals surface area contributed by atoms with Crippen LogP contribution in [0.15, 0.2) is 272 Å². The minimum atomic E-state index is -4.78. The molecule has 43 heteroatoms. The van der Waals surface area contributed by atoms with Crippen molar-refractivity contribution in [1.82, 2.24) is 0 Å². The lowest BCUT2D eigenvalue weighted by Crippen LogP contribution is -2.32. The van der Waals surface area contributed by atoms with E-state index in [1.165, 1.54) is 130 Å². The maximum absolute atomic E-state index is 13.8. The molecule has 12 aromatic rings. The number of rotatable bonds is 34. The molecule has 0 bridgehead atoms. The first kappa shape index (κ1) is 110. The molecule has 144 heavy (non-hydrogen) atoms. The van der Waals surface area contributed by atoms with Gasteiger partial charge in [-0.05, 0) is 295 Å². The monoisotopic (exact) mass is 2140 g/mol. The first-order valence-electron chi connectivity index (χ1n) is 42.3. The number of ether oxygens (including phenoxy) is 2. The molecule has 0 aromatic heterocycles. The summed E-state index contributed by atoms with van der Waals surface area (Å²) in [6.45, 7) is 21.2. The van der Waals surface area contributed by atoms with Gasteiger partial charge in [-0.3, -0.25) is 47.9 Å². The maximum atomic E-state index is 13.8. The third-order valence-corrected chi connectivity index (χ3v) is 23.3. The highest BCUT2D eigenvalue weighted by atomic mass is 35.5. The summed E-state index contributed by atoms with van der Waals surface area (Å²) in [5.74, 6) is -7.33. The Hall–Kier alpha value is -14.6. The molecule has 0 aliphatic rings. The predicted octanol–water partition coefficient (Wildman–Crippen LogP) is 29.8. The molecule has 0 aliphatic carbocycles. The van der Waals surface area contributed by atoms with Crippen LogP contribution in [-0.2, 0) is 50.7 Å². The van der Waals surface area contributed by atoms with E-state index in [2.05, 4.69) is 96.6 Å². The Labute approximate surface area is 863 Å². The highest BCUT2D eigenvalue weighted by Crippen LogP contribution is 2.44. The summed E-state index contributed by atoms with van der Waals surface area (Å²) in [5, 5.41) is 55.7. The third kappa shape index (κ3) is 29.8. The molecular weight excluding hydrogens is 2060 g/mol. The topological polar surface area (TPSA) is 384 Å². The number of azo groups is 4. The van der Waals surface area contributed by atoms with E-state index in [1.54, 1.807) is 74.5 Å². The maximum Gasteiger partial charge on any atom is 0.416 e. The lowest BCUT2D eigenvalue weighted by atomic mass is 10.1. The van der Waals surface area contributed by atoms with Gasteiger partial charge in [0.05, 0.1) is 53.3 Å². The second-order valence-electron chi connectivity index (χ2n) is 31.7. The molecule has 0 spiro atoms. The SMILES string of the molecule is C=C(Nc1cc(C(F)(F)F)ccc1Oc1ccc(Cl)cc1)c1ccc(Cl)c(N=NC(C(C)=O)C(=O)Nc2cc(C)c(NC(=O)C(N=Nc3cc(C(=O)Nc4cc(C(F)(F)F)ccc4Oc4ccc(Cl)cc4)ccc3Cl)C(C)=O)cc2Cl)c1.C=C(Nc1cc(Cl)ccc1C)c1ccc(Cl)c(N=NC(C(C)=O)C(=O)Nc2cc(C)c(NC(=O)C(N=Nc3cc(C(=O)Nc4cc(Cl)ccc4C)ccc3Cl)C(C)=O)cc2C)c1. The van der Waals surface area contributed by atoms with Gasteiger partial charge in [0.2, 0.25) is 24.2 Å². The average Bonchev–Trinajstić information content (AvgIpc) is 0.805. The number of benzene rings is 12. The zero-order valence-electron chi connectivity index (χ0n) is 76.7. The molecule has 0 fully saturated rings. The van der Waals surface area contributed by atoms with E-state index in [9.17, 15) is 74.3 Å². The van der Waals surface area contributed by atoms with Gasteiger partial charge in [-0.15, -0.1) is 0 Å². The van der Waals surface area contributed by atoms with Gasteiger partial charge in [0.1, 0.15) is 34.2 Å². The van der Waals surface area contributed by atoms with Crippen LogP contribution in [0.1, 0.15) is 98.5 Å². The smallest absolute Gasteiger partial charge is 0.416 e. The fourth-order valence-electron chi connectivity index (χ4n) is 12.9. The molecule has 28 nitrogen and oxygen atoms in total. The molecule has 0 aliphatic heterocycles. The predicted molar refractivity (Wildman–Crippen MR) is 548 cm³/mol. The molecular formula is C101H79Cl9F6N16O12. The molecule has 0 saturated heterocycles. The number of hydrogen-bond donors (Lipinski definition) is 8. The van der Waals surface area contributed by atoms with Crippen LogP contribution in [0.25, 0.3) is 11.4 Å². The first-order valence-corrected chi connectivity index (χ1v) is 45.7. The highest BCUT2D eigenvalue weighted by molar-refractivity contribution is 6.36. The van der Waals surface area contributed by atoms with E-state index in [0.29, 0.717) is 65.6 Å². The summed E-state index contributed by atoms with van der Waals surface area (Å²) in [4.78, 5) is 131. The zero-order chi connectivity index (χ0) is 105. The fraction of sp³-hybridized carbons (Fsp3) is 0.149. The Morgan fingerprint density at radius 2 is 0.549 bits per heavy atom. The molecule has 740 valence electrons. The standard InChI is InChI=1S/C56H39Cl5F6N8O7.C45H40Cl4N8O5/c1-27-21-43(70-54(80)51(30(4)77)75-72-44-22-31(5-17-39(44)59)28(2)68-46-24-33(55(62,63)64)7-19-48(46)81-37-13-9-35(57)10-14-37)41(61)26-42(27)69-53(79)50(29(3)76)74-73-45-23-32(6-18-40(45)60)52(78)71-47-25-34(56(65,66)67)8-20-49(47)82-38-15-11-36(58)12-16-38;1-22-8-12-31(46)20-37(22)50-26(5)29-10-14-33(48)39(18-29)54-56-41(27(6)58)44(61)52-35-16-25(4)36(17-24(35)3)53-45(62)42(28(7)59)57-55-40-19-30(11-15-34(40)49)43(60)51-38-21-32(47)13-9-23(38)2/h5-26,50-51,68H,2H2,1,3-4H3,(H,69,79)(H,70,80)(H,71,78);8-21,41-42,50H,5H2,1-4,6-7H3,(H,51,60)(H,52,61)(H,53,62). The highest BCUT2D eigenvalue weighted by Gasteiger charge is 2.35. The van der Waals surface area contributed by atoms with Crippen molar-refractivity contribution >= 4 is 243 Å². The summed E-state index contributed by atoms with van der Waals surface area (Å²) in [7, 11) is 0. The Morgan fingerprint density at radius 1 is 0.278 bits per heavy atom. The van der Waals surface area contributed by atoms with E-state index in [1.807, 2.05) is 19.9 Å². The van der Waals surface area contributed by atoms with Crippen LogP contribution in [0.5, 0.6) is 23.0 Å². The van der Waals surface area contributed by atoms with Crippen molar-refractivity contribution in [2.45, 2.75) is 98.8 Å². The Balaban J connectivity index is 0.000000285. The van der Waals surface area contributed by atoms with Gasteiger partial charge in [0.25, 0.3) is 35.4 Å². The number of halogens is 15. The molecule has 8 N–H and O–H groups in total. The molecule has 0 saturated carbocycles. The minimum Gasteiger partial charge on any atom is -0.455 e. The summed E-state index contributed by atoms with van der Waals surface area (Å²) >= 11 is 56.2. The van der Waals surface area contributed by atoms with Crippen LogP contribution < -0.4 is 52.0 Å². The van der Waals surface area contributed by atoms with E-state index < -0.39 is 106 Å². The van der Waals surface area contributed by atoms with Gasteiger partial charge in [0.15, 0.2) is 34.6 Å². The molecule has 12 rings (SSSR count). The fourth-order valence-corrected chi connectivity index (χ4v) is 14.4. The second-order valence-corrected chi connectivity index (χ2v) is 35.5. The van der Waals surface area contributed by atoms with Crippen molar-refractivity contribution < 1.29 is 83.8 Å². The van der Waals surface area contributed by atoms with Crippen LogP contribution in [0, 0.1) is 34.6 Å². The number of alkyl halides is 6. The Bertz CT molecular complexity index is 6830. The van der Waals surface area contributed by atoms with Crippen molar-refractivity contribution in [3.05, 3.63) is 338 Å². The van der Waals surface area contributed by atoms with Crippen LogP contribution in [0.3, 0.4) is 0 Å². The molecule has 0 radical (unpaired) electrons. The first-order chi connectivity index (χ1) is 67.9. The normalized spacial score (nSPS) is 12.3. The van der Waals surface area contributed by atoms with Crippen molar-refractivity contribution in [2.75, 3.05) is 42.5 Å². The number of ketones is 4. The van der Waals surface area contributed by atoms with Crippen LogP contribution in [-0.4, -0.2) is 82.7 Å². The largest absolute Gasteiger partial charge is 0.455 e. The Morgan fingerprint density at radius 3 is 0.882 bits per heavy atom. The molecule has 6 amide bonds. The summed E-state index contributed by atoms with van der Waals surface area (Å²) in [6.07, 6.45) is -9.48. The van der Waals surface area contributed by atoms with Gasteiger partial charge in [-0.2, -0.15) is 67.3 Å². The number of carbonyl (C=O) groups excluding carboxylic acids is 10. The number of nitrogens with zero attached hydrogens (tertiary/aromatic N) is 8. The van der Waals surface area contributed by atoms with Crippen molar-refractivity contribution in [2.24, 2.45) is 40.9 Å². The number of anilines is 8. The zero-order valence-corrected chi connectivity index (χ0v) is 83.5. The third-order valence-electron chi connectivity index (χ3n) is 20.7. The van der Waals surface area contributed by atoms with Gasteiger partial charge in [-0.25, -0.2) is 0 Å². The summed E-state index contributed by atoms with van der Waals surface area (Å²) in [6, 6.07) is 44.0. The summed E-state index contributed by atoms with van der Waals surface area (Å²) < 4.78 is 94.2. The number of hydrogen-bond acceptors (Lipinski definition) is 22. The van der Waals surface area contributed by atoms with Gasteiger partial charge < -0.3 is 52.0 Å². The Kier molecular flexibility index (Phi) is 36.9. The van der Waals surface area contributed by atoms with E-state index in [0.717, 1.165) is 67.1 Å². The average molecular weight is 2140 g/mol. The van der Waals surface area contributed by atoms with E-state index in [-0.39, 0.29) is 122 Å². The molecule has 12 aromatic carbocycles. The molecule has 0 heterocycles. The quantitative estimate of drug-likeness (QED) is 0.0106. The molecule has 4 atom stereocenters. The lowest BCUT2D eigenvalue weighted by molar-refractivity contribution is -0.138. The summed E-state index contributed by atoms with van der Waals surface area (Å²) in [5.41, 5.74) is 3.94. The number of Topliss-reactive ketones (excluding diaryl/α,β-unsaturated/α-hetero) is 4. The number of aryl methyl sites for hydroxylation is 5. The van der Waals surface area contributed by atoms with Gasteiger partial charge in [-0.1, -0.05) is 142 Å². The van der Waals surface area contributed by atoms with Gasteiger partial charge >= 0.3 is 12.4 Å². The van der Waals surface area contributed by atoms with Crippen LogP contribution in [0.4, 0.5) is 94.6 Å².